The summed E-state index contributed by atoms with van der Waals surface area (Å²) in [5.74, 6) is 0.675. The molecule has 1 aromatic carbocycles. The number of ether oxygens (including phenoxy) is 2. The van der Waals surface area contributed by atoms with Gasteiger partial charge in [0.15, 0.2) is 5.13 Å². The zero-order chi connectivity index (χ0) is 20.1. The Morgan fingerprint density at radius 3 is 2.79 bits per heavy atom. The van der Waals surface area contributed by atoms with Crippen molar-refractivity contribution in [2.75, 3.05) is 45.3 Å². The molecule has 8 nitrogen and oxygen atoms in total. The van der Waals surface area contributed by atoms with Crippen molar-refractivity contribution in [3.05, 3.63) is 18.2 Å². The number of anilines is 1. The van der Waals surface area contributed by atoms with Gasteiger partial charge in [0.1, 0.15) is 11.3 Å². The molecule has 152 valence electrons. The van der Waals surface area contributed by atoms with E-state index < -0.39 is 0 Å². The molecule has 2 heterocycles. The number of carbonyl (C=O) groups is 2. The SMILES string of the molecule is CCOC(=O)N1CCC(NC(=O)CN(C)c2nc3c(OC)cccc3s2)CC1. The number of likely N-dealkylation sites (N-methyl/N-ethyl adjacent to an activating group) is 1. The number of likely N-dealkylation sites (tertiary alicyclic amines) is 1. The number of thiazole rings is 1. The highest BCUT2D eigenvalue weighted by Gasteiger charge is 2.25. The second kappa shape index (κ2) is 9.09. The second-order valence-corrected chi connectivity index (χ2v) is 7.70. The van der Waals surface area contributed by atoms with Crippen LogP contribution >= 0.6 is 11.3 Å². The summed E-state index contributed by atoms with van der Waals surface area (Å²) < 4.78 is 11.4. The maximum Gasteiger partial charge on any atom is 0.409 e. The van der Waals surface area contributed by atoms with Crippen LogP contribution in [0, 0.1) is 0 Å². The largest absolute Gasteiger partial charge is 0.494 e. The maximum atomic E-state index is 12.4. The monoisotopic (exact) mass is 406 g/mol. The number of para-hydroxylation sites is 1. The number of hydrogen-bond donors (Lipinski definition) is 1. The minimum atomic E-state index is -0.279. The van der Waals surface area contributed by atoms with Gasteiger partial charge in [-0.1, -0.05) is 17.4 Å². The van der Waals surface area contributed by atoms with Crippen LogP contribution in [-0.2, 0) is 9.53 Å². The highest BCUT2D eigenvalue weighted by molar-refractivity contribution is 7.22. The smallest absolute Gasteiger partial charge is 0.409 e. The first-order valence-corrected chi connectivity index (χ1v) is 10.2. The van der Waals surface area contributed by atoms with E-state index in [4.69, 9.17) is 9.47 Å². The van der Waals surface area contributed by atoms with Crippen molar-refractivity contribution in [3.63, 3.8) is 0 Å². The van der Waals surface area contributed by atoms with Gasteiger partial charge in [-0.15, -0.1) is 0 Å². The van der Waals surface area contributed by atoms with Crippen molar-refractivity contribution in [1.82, 2.24) is 15.2 Å². The number of nitrogens with one attached hydrogen (secondary N) is 1. The summed E-state index contributed by atoms with van der Waals surface area (Å²) in [6.07, 6.45) is 1.18. The summed E-state index contributed by atoms with van der Waals surface area (Å²) >= 11 is 1.53. The summed E-state index contributed by atoms with van der Waals surface area (Å²) in [6.45, 7) is 3.58. The fourth-order valence-corrected chi connectivity index (χ4v) is 4.16. The Morgan fingerprint density at radius 1 is 1.36 bits per heavy atom. The predicted octanol–water partition coefficient (Wildman–Crippen LogP) is 2.48. The molecule has 0 unspecified atom stereocenters. The summed E-state index contributed by atoms with van der Waals surface area (Å²) in [7, 11) is 3.48. The topological polar surface area (TPSA) is 84.0 Å². The molecule has 0 atom stereocenters. The Kier molecular flexibility index (Phi) is 6.56. The van der Waals surface area contributed by atoms with Gasteiger partial charge in [0, 0.05) is 26.2 Å². The molecule has 2 amide bonds. The highest BCUT2D eigenvalue weighted by atomic mass is 32.1. The first-order chi connectivity index (χ1) is 13.5. The number of carbonyl (C=O) groups excluding carboxylic acids is 2. The van der Waals surface area contributed by atoms with E-state index in [0.29, 0.717) is 19.7 Å². The number of hydrogen-bond acceptors (Lipinski definition) is 7. The molecule has 0 radical (unpaired) electrons. The van der Waals surface area contributed by atoms with E-state index in [0.717, 1.165) is 33.9 Å². The molecule has 1 saturated heterocycles. The van der Waals surface area contributed by atoms with E-state index >= 15 is 0 Å². The number of piperidine rings is 1. The summed E-state index contributed by atoms with van der Waals surface area (Å²) in [4.78, 5) is 32.3. The maximum absolute atomic E-state index is 12.4. The number of benzene rings is 1. The third-order valence-corrected chi connectivity index (χ3v) is 5.82. The summed E-state index contributed by atoms with van der Waals surface area (Å²) in [5, 5.41) is 3.83. The van der Waals surface area contributed by atoms with Crippen molar-refractivity contribution in [2.45, 2.75) is 25.8 Å². The number of aromatic nitrogens is 1. The molecule has 1 aliphatic rings. The lowest BCUT2D eigenvalue weighted by atomic mass is 10.1. The van der Waals surface area contributed by atoms with Crippen LogP contribution in [0.1, 0.15) is 19.8 Å². The predicted molar refractivity (Wildman–Crippen MR) is 109 cm³/mol. The van der Waals surface area contributed by atoms with Gasteiger partial charge in [-0.2, -0.15) is 0 Å². The van der Waals surface area contributed by atoms with Crippen molar-refractivity contribution in [3.8, 4) is 5.75 Å². The fourth-order valence-electron chi connectivity index (χ4n) is 3.22. The van der Waals surface area contributed by atoms with Gasteiger partial charge in [-0.3, -0.25) is 4.79 Å². The van der Waals surface area contributed by atoms with Gasteiger partial charge in [0.05, 0.1) is 25.0 Å². The molecule has 3 rings (SSSR count). The van der Waals surface area contributed by atoms with E-state index in [1.54, 1.807) is 18.9 Å². The molecular formula is C19H26N4O4S. The third-order valence-electron chi connectivity index (χ3n) is 4.68. The molecule has 2 aromatic rings. The molecule has 9 heteroatoms. The van der Waals surface area contributed by atoms with Crippen LogP contribution in [0.2, 0.25) is 0 Å². The molecular weight excluding hydrogens is 380 g/mol. The zero-order valence-corrected chi connectivity index (χ0v) is 17.3. The van der Waals surface area contributed by atoms with E-state index in [1.807, 2.05) is 30.1 Å². The average molecular weight is 407 g/mol. The van der Waals surface area contributed by atoms with E-state index in [9.17, 15) is 9.59 Å². The Labute approximate surface area is 168 Å². The molecule has 0 aliphatic carbocycles. The van der Waals surface area contributed by atoms with Crippen molar-refractivity contribution in [2.24, 2.45) is 0 Å². The first kappa shape index (κ1) is 20.2. The summed E-state index contributed by atoms with van der Waals surface area (Å²) in [5.41, 5.74) is 0.809. The van der Waals surface area contributed by atoms with Crippen LogP contribution in [0.3, 0.4) is 0 Å². The van der Waals surface area contributed by atoms with E-state index in [2.05, 4.69) is 10.3 Å². The van der Waals surface area contributed by atoms with Crippen LogP contribution in [-0.4, -0.2) is 68.3 Å². The van der Waals surface area contributed by atoms with Crippen LogP contribution in [0.25, 0.3) is 10.2 Å². The van der Waals surface area contributed by atoms with Crippen molar-refractivity contribution < 1.29 is 19.1 Å². The Balaban J connectivity index is 1.52. The number of nitrogens with zero attached hydrogens (tertiary/aromatic N) is 3. The van der Waals surface area contributed by atoms with E-state index in [-0.39, 0.29) is 24.6 Å². The van der Waals surface area contributed by atoms with Gasteiger partial charge in [0.2, 0.25) is 5.91 Å². The van der Waals surface area contributed by atoms with Crippen LogP contribution in [0.15, 0.2) is 18.2 Å². The Bertz CT molecular complexity index is 832. The zero-order valence-electron chi connectivity index (χ0n) is 16.4. The van der Waals surface area contributed by atoms with Gasteiger partial charge < -0.3 is 24.6 Å². The molecule has 1 aromatic heterocycles. The summed E-state index contributed by atoms with van der Waals surface area (Å²) in [6, 6.07) is 5.87. The Morgan fingerprint density at radius 2 is 2.11 bits per heavy atom. The quantitative estimate of drug-likeness (QED) is 0.793. The standard InChI is InChI=1S/C19H26N4O4S/c1-4-27-19(25)23-10-8-13(9-11-23)20-16(24)12-22(2)18-21-17-14(26-3)6-5-7-15(17)28-18/h5-7,13H,4,8-12H2,1-3H3,(H,20,24). The first-order valence-electron chi connectivity index (χ1n) is 9.37. The lowest BCUT2D eigenvalue weighted by Gasteiger charge is -2.31. The molecule has 1 fully saturated rings. The fraction of sp³-hybridized carbons (Fsp3) is 0.526. The van der Waals surface area contributed by atoms with Gasteiger partial charge in [-0.05, 0) is 31.9 Å². The number of amides is 2. The molecule has 0 spiro atoms. The van der Waals surface area contributed by atoms with Gasteiger partial charge in [0.25, 0.3) is 0 Å². The lowest BCUT2D eigenvalue weighted by Crippen LogP contribution is -2.48. The van der Waals surface area contributed by atoms with E-state index in [1.165, 1.54) is 11.3 Å². The molecule has 0 bridgehead atoms. The minimum Gasteiger partial charge on any atom is -0.494 e. The number of methoxy groups -OCH3 is 1. The highest BCUT2D eigenvalue weighted by Crippen LogP contribution is 2.33. The van der Waals surface area contributed by atoms with Crippen molar-refractivity contribution in [1.29, 1.82) is 0 Å². The third kappa shape index (κ3) is 4.64. The molecule has 28 heavy (non-hydrogen) atoms. The van der Waals surface area contributed by atoms with Crippen LogP contribution in [0.4, 0.5) is 9.93 Å². The lowest BCUT2D eigenvalue weighted by molar-refractivity contribution is -0.120. The molecule has 1 N–H and O–H groups in total. The van der Waals surface area contributed by atoms with Crippen molar-refractivity contribution >= 4 is 38.7 Å². The second-order valence-electron chi connectivity index (χ2n) is 6.69. The van der Waals surface area contributed by atoms with Gasteiger partial charge >= 0.3 is 6.09 Å². The number of fused-ring (bicyclic) bond motifs is 1. The number of rotatable bonds is 6. The van der Waals surface area contributed by atoms with Crippen LogP contribution < -0.4 is 15.0 Å². The minimum absolute atomic E-state index is 0.0525. The molecule has 0 saturated carbocycles. The average Bonchev–Trinajstić information content (AvgIpc) is 3.13. The van der Waals surface area contributed by atoms with Crippen LogP contribution in [0.5, 0.6) is 5.75 Å². The normalized spacial score (nSPS) is 14.8. The van der Waals surface area contributed by atoms with Gasteiger partial charge in [-0.25, -0.2) is 9.78 Å². The molecule has 1 aliphatic heterocycles. The Hall–Kier alpha value is -2.55.